The van der Waals surface area contributed by atoms with Gasteiger partial charge in [-0.05, 0) is 26.2 Å². The van der Waals surface area contributed by atoms with Gasteiger partial charge in [-0.2, -0.15) is 5.26 Å². The predicted octanol–water partition coefficient (Wildman–Crippen LogP) is 2.33. The molecule has 1 amide bonds. The molecule has 0 aromatic rings. The number of carbonyl (C=O) groups excluding carboxylic acids is 1. The Morgan fingerprint density at radius 2 is 2.07 bits per heavy atom. The van der Waals surface area contributed by atoms with Crippen LogP contribution in [0.2, 0.25) is 0 Å². The number of rotatable bonds is 3. The molecule has 3 heteroatoms. The lowest BCUT2D eigenvalue weighted by Gasteiger charge is -2.32. The quantitative estimate of drug-likeness (QED) is 0.714. The zero-order chi connectivity index (χ0) is 11.5. The van der Waals surface area contributed by atoms with Gasteiger partial charge in [-0.1, -0.05) is 19.8 Å². The molecular weight excluding hydrogens is 188 g/mol. The van der Waals surface area contributed by atoms with Gasteiger partial charge in [-0.15, -0.1) is 0 Å². The van der Waals surface area contributed by atoms with E-state index in [9.17, 15) is 4.79 Å². The van der Waals surface area contributed by atoms with E-state index in [1.54, 1.807) is 18.9 Å². The smallest absolute Gasteiger partial charge is 0.229 e. The van der Waals surface area contributed by atoms with E-state index in [0.717, 1.165) is 32.1 Å². The maximum atomic E-state index is 12.3. The summed E-state index contributed by atoms with van der Waals surface area (Å²) in [5.74, 6) is 0.163. The molecule has 0 saturated heterocycles. The lowest BCUT2D eigenvalue weighted by molar-refractivity contribution is -0.141. The average Bonchev–Trinajstić information content (AvgIpc) is 2.75. The van der Waals surface area contributed by atoms with Crippen LogP contribution in [0.15, 0.2) is 0 Å². The van der Waals surface area contributed by atoms with E-state index in [0.29, 0.717) is 0 Å². The van der Waals surface area contributed by atoms with E-state index in [2.05, 4.69) is 13.0 Å². The molecule has 0 bridgehead atoms. The van der Waals surface area contributed by atoms with Crippen LogP contribution in [-0.2, 0) is 4.79 Å². The third-order valence-electron chi connectivity index (χ3n) is 3.78. The summed E-state index contributed by atoms with van der Waals surface area (Å²) in [4.78, 5) is 13.9. The second kappa shape index (κ2) is 4.65. The highest BCUT2D eigenvalue weighted by Crippen LogP contribution is 2.42. The van der Waals surface area contributed by atoms with Crippen molar-refractivity contribution in [1.29, 1.82) is 5.26 Å². The second-order valence-corrected chi connectivity index (χ2v) is 4.56. The van der Waals surface area contributed by atoms with Crippen LogP contribution in [0.3, 0.4) is 0 Å². The van der Waals surface area contributed by atoms with Crippen LogP contribution in [-0.4, -0.2) is 23.9 Å². The third kappa shape index (κ3) is 2.14. The average molecular weight is 208 g/mol. The molecule has 84 valence electrons. The minimum atomic E-state index is -0.318. The molecule has 0 radical (unpaired) electrons. The molecule has 15 heavy (non-hydrogen) atoms. The number of hydrogen-bond acceptors (Lipinski definition) is 2. The van der Waals surface area contributed by atoms with Crippen LogP contribution >= 0.6 is 0 Å². The van der Waals surface area contributed by atoms with Crippen LogP contribution in [0, 0.1) is 16.7 Å². The summed E-state index contributed by atoms with van der Waals surface area (Å²) >= 11 is 0. The van der Waals surface area contributed by atoms with Crippen LogP contribution in [0.1, 0.15) is 46.0 Å². The van der Waals surface area contributed by atoms with E-state index in [4.69, 9.17) is 5.26 Å². The molecule has 1 atom stereocenters. The van der Waals surface area contributed by atoms with Crippen molar-refractivity contribution in [3.05, 3.63) is 0 Å². The Kier molecular flexibility index (Phi) is 3.73. The summed E-state index contributed by atoms with van der Waals surface area (Å²) in [7, 11) is 1.74. The number of carbonyl (C=O) groups is 1. The van der Waals surface area contributed by atoms with Crippen LogP contribution in [0.4, 0.5) is 0 Å². The number of amides is 1. The molecule has 0 heterocycles. The minimum absolute atomic E-state index is 0.163. The minimum Gasteiger partial charge on any atom is -0.330 e. The summed E-state index contributed by atoms with van der Waals surface area (Å²) in [6.07, 6.45) is 5.17. The Balaban J connectivity index is 2.78. The van der Waals surface area contributed by atoms with Gasteiger partial charge in [0.15, 0.2) is 0 Å². The summed E-state index contributed by atoms with van der Waals surface area (Å²) in [5, 5.41) is 8.81. The maximum absolute atomic E-state index is 12.3. The largest absolute Gasteiger partial charge is 0.330 e. The van der Waals surface area contributed by atoms with Crippen molar-refractivity contribution in [2.24, 2.45) is 5.41 Å². The van der Waals surface area contributed by atoms with Crippen molar-refractivity contribution in [3.63, 3.8) is 0 Å². The van der Waals surface area contributed by atoms with Crippen LogP contribution in [0.25, 0.3) is 0 Å². The first-order valence-corrected chi connectivity index (χ1v) is 5.74. The van der Waals surface area contributed by atoms with Crippen molar-refractivity contribution < 1.29 is 4.79 Å². The van der Waals surface area contributed by atoms with E-state index in [-0.39, 0.29) is 17.4 Å². The predicted molar refractivity (Wildman–Crippen MR) is 59.0 cm³/mol. The molecule has 1 fully saturated rings. The van der Waals surface area contributed by atoms with E-state index >= 15 is 0 Å². The molecule has 1 rings (SSSR count). The summed E-state index contributed by atoms with van der Waals surface area (Å²) in [5.41, 5.74) is -0.167. The highest BCUT2D eigenvalue weighted by Gasteiger charge is 2.41. The molecule has 3 nitrogen and oxygen atoms in total. The molecule has 0 spiro atoms. The summed E-state index contributed by atoms with van der Waals surface area (Å²) < 4.78 is 0. The standard InChI is InChI=1S/C12H20N2O/c1-4-12(7-5-6-8-12)11(15)14(3)10(2)9-13/h10H,4-8H2,1-3H3. The molecular formula is C12H20N2O. The zero-order valence-corrected chi connectivity index (χ0v) is 9.92. The normalized spacial score (nSPS) is 20.7. The molecule has 0 aliphatic heterocycles. The number of nitrogens with zero attached hydrogens (tertiary/aromatic N) is 2. The summed E-state index contributed by atoms with van der Waals surface area (Å²) in [6, 6.07) is 1.80. The van der Waals surface area contributed by atoms with Gasteiger partial charge in [0, 0.05) is 12.5 Å². The van der Waals surface area contributed by atoms with Gasteiger partial charge in [0.25, 0.3) is 0 Å². The van der Waals surface area contributed by atoms with Crippen molar-refractivity contribution in [1.82, 2.24) is 4.90 Å². The SMILES string of the molecule is CCC1(C(=O)N(C)C(C)C#N)CCCC1. The topological polar surface area (TPSA) is 44.1 Å². The zero-order valence-electron chi connectivity index (χ0n) is 9.92. The van der Waals surface area contributed by atoms with Crippen molar-refractivity contribution in [2.45, 2.75) is 52.0 Å². The van der Waals surface area contributed by atoms with Gasteiger partial charge in [-0.3, -0.25) is 4.79 Å². The lowest BCUT2D eigenvalue weighted by Crippen LogP contribution is -2.44. The Hall–Kier alpha value is -1.04. The third-order valence-corrected chi connectivity index (χ3v) is 3.78. The molecule has 1 unspecified atom stereocenters. The lowest BCUT2D eigenvalue weighted by atomic mass is 9.81. The van der Waals surface area contributed by atoms with Crippen molar-refractivity contribution in [2.75, 3.05) is 7.05 Å². The summed E-state index contributed by atoms with van der Waals surface area (Å²) in [6.45, 7) is 3.85. The van der Waals surface area contributed by atoms with Crippen molar-refractivity contribution >= 4 is 5.91 Å². The molecule has 1 saturated carbocycles. The van der Waals surface area contributed by atoms with Crippen LogP contribution < -0.4 is 0 Å². The van der Waals surface area contributed by atoms with Gasteiger partial charge in [0.1, 0.15) is 6.04 Å². The Labute approximate surface area is 92.1 Å². The maximum Gasteiger partial charge on any atom is 0.229 e. The molecule has 1 aliphatic rings. The molecule has 1 aliphatic carbocycles. The van der Waals surface area contributed by atoms with Gasteiger partial charge in [0.2, 0.25) is 5.91 Å². The van der Waals surface area contributed by atoms with Gasteiger partial charge >= 0.3 is 0 Å². The van der Waals surface area contributed by atoms with Gasteiger partial charge < -0.3 is 4.90 Å². The first-order valence-electron chi connectivity index (χ1n) is 5.74. The highest BCUT2D eigenvalue weighted by atomic mass is 16.2. The highest BCUT2D eigenvalue weighted by molar-refractivity contribution is 5.83. The molecule has 0 aromatic carbocycles. The Morgan fingerprint density at radius 3 is 2.47 bits per heavy atom. The van der Waals surface area contributed by atoms with E-state index < -0.39 is 0 Å². The number of hydrogen-bond donors (Lipinski definition) is 0. The molecule has 0 N–H and O–H groups in total. The van der Waals surface area contributed by atoms with Crippen LogP contribution in [0.5, 0.6) is 0 Å². The van der Waals surface area contributed by atoms with Gasteiger partial charge in [0.05, 0.1) is 6.07 Å². The Bertz CT molecular complexity index is 274. The van der Waals surface area contributed by atoms with E-state index in [1.165, 1.54) is 0 Å². The fourth-order valence-electron chi connectivity index (χ4n) is 2.41. The Morgan fingerprint density at radius 1 is 1.53 bits per heavy atom. The fourth-order valence-corrected chi connectivity index (χ4v) is 2.41. The second-order valence-electron chi connectivity index (χ2n) is 4.56. The van der Waals surface area contributed by atoms with Crippen molar-refractivity contribution in [3.8, 4) is 6.07 Å². The van der Waals surface area contributed by atoms with E-state index in [1.807, 2.05) is 0 Å². The monoisotopic (exact) mass is 208 g/mol. The number of nitriles is 1. The fraction of sp³-hybridized carbons (Fsp3) is 0.833. The first kappa shape index (κ1) is 12.0. The first-order chi connectivity index (χ1) is 7.07. The van der Waals surface area contributed by atoms with Gasteiger partial charge in [-0.25, -0.2) is 0 Å². The molecule has 0 aromatic heterocycles.